The summed E-state index contributed by atoms with van der Waals surface area (Å²) >= 11 is 0. The lowest BCUT2D eigenvalue weighted by molar-refractivity contribution is -0.120. The molecule has 4 nitrogen and oxygen atoms in total. The Morgan fingerprint density at radius 3 is 2.27 bits per heavy atom. The van der Waals surface area contributed by atoms with Crippen LogP contribution < -0.4 is 10.6 Å². The molecule has 1 amide bonds. The Hall–Kier alpha value is -0.610. The van der Waals surface area contributed by atoms with Gasteiger partial charge in [0, 0.05) is 18.7 Å². The maximum Gasteiger partial charge on any atom is 0.234 e. The van der Waals surface area contributed by atoms with Crippen molar-refractivity contribution < 1.29 is 9.90 Å². The van der Waals surface area contributed by atoms with Crippen molar-refractivity contribution in [1.29, 1.82) is 0 Å². The van der Waals surface area contributed by atoms with Gasteiger partial charge in [-0.3, -0.25) is 4.79 Å². The molecule has 15 heavy (non-hydrogen) atoms. The van der Waals surface area contributed by atoms with Crippen LogP contribution in [0.25, 0.3) is 0 Å². The van der Waals surface area contributed by atoms with E-state index in [1.54, 1.807) is 0 Å². The lowest BCUT2D eigenvalue weighted by Gasteiger charge is -2.21. The number of amides is 1. The molecule has 0 spiro atoms. The third-order valence-corrected chi connectivity index (χ3v) is 2.22. The van der Waals surface area contributed by atoms with Crippen LogP contribution in [0.4, 0.5) is 0 Å². The molecule has 0 fully saturated rings. The molecule has 1 atom stereocenters. The van der Waals surface area contributed by atoms with Crippen LogP contribution in [0.1, 0.15) is 34.1 Å². The second-order valence-corrected chi connectivity index (χ2v) is 4.47. The predicted octanol–water partition coefficient (Wildman–Crippen LogP) is 0.508. The van der Waals surface area contributed by atoms with Crippen LogP contribution in [0.2, 0.25) is 0 Å². The minimum absolute atomic E-state index is 0.00795. The first-order valence-electron chi connectivity index (χ1n) is 5.61. The van der Waals surface area contributed by atoms with Crippen LogP contribution in [-0.4, -0.2) is 36.2 Å². The molecule has 0 aliphatic carbocycles. The molecule has 0 saturated carbocycles. The Labute approximate surface area is 92.4 Å². The lowest BCUT2D eigenvalue weighted by atomic mass is 10.0. The summed E-state index contributed by atoms with van der Waals surface area (Å²) in [6.45, 7) is 8.50. The van der Waals surface area contributed by atoms with Gasteiger partial charge in [-0.15, -0.1) is 0 Å². The smallest absolute Gasteiger partial charge is 0.234 e. The van der Waals surface area contributed by atoms with Gasteiger partial charge in [-0.2, -0.15) is 0 Å². The van der Waals surface area contributed by atoms with Crippen LogP contribution >= 0.6 is 0 Å². The van der Waals surface area contributed by atoms with E-state index >= 15 is 0 Å². The highest BCUT2D eigenvalue weighted by Gasteiger charge is 2.13. The highest BCUT2D eigenvalue weighted by atomic mass is 16.3. The van der Waals surface area contributed by atoms with E-state index in [0.29, 0.717) is 18.9 Å². The first-order chi connectivity index (χ1) is 6.97. The summed E-state index contributed by atoms with van der Waals surface area (Å²) in [5, 5.41) is 14.8. The number of hydrogen-bond acceptors (Lipinski definition) is 3. The Bertz CT molecular complexity index is 181. The molecular formula is C11H24N2O2. The van der Waals surface area contributed by atoms with Crippen molar-refractivity contribution in [3.63, 3.8) is 0 Å². The Balaban J connectivity index is 3.83. The quantitative estimate of drug-likeness (QED) is 0.581. The summed E-state index contributed by atoms with van der Waals surface area (Å²) in [5.41, 5.74) is 0. The molecule has 4 heteroatoms. The van der Waals surface area contributed by atoms with Crippen LogP contribution in [0.5, 0.6) is 0 Å². The molecule has 0 rings (SSSR count). The summed E-state index contributed by atoms with van der Waals surface area (Å²) in [6, 6.07) is 0.377. The standard InChI is InChI=1S/C11H24N2O2/c1-8(2)10(5-6-14)12-7-11(15)13-9(3)4/h8-10,12,14H,5-7H2,1-4H3,(H,13,15). The van der Waals surface area contributed by atoms with E-state index in [-0.39, 0.29) is 24.6 Å². The third kappa shape index (κ3) is 7.33. The van der Waals surface area contributed by atoms with Gasteiger partial charge in [0.25, 0.3) is 0 Å². The Morgan fingerprint density at radius 2 is 1.87 bits per heavy atom. The average Bonchev–Trinajstić information content (AvgIpc) is 2.10. The van der Waals surface area contributed by atoms with Crippen molar-refractivity contribution in [2.75, 3.05) is 13.2 Å². The maximum atomic E-state index is 11.3. The first kappa shape index (κ1) is 14.4. The topological polar surface area (TPSA) is 61.4 Å². The maximum absolute atomic E-state index is 11.3. The van der Waals surface area contributed by atoms with Gasteiger partial charge in [0.05, 0.1) is 6.54 Å². The predicted molar refractivity (Wildman–Crippen MR) is 61.6 cm³/mol. The van der Waals surface area contributed by atoms with Gasteiger partial charge in [-0.25, -0.2) is 0 Å². The monoisotopic (exact) mass is 216 g/mol. The van der Waals surface area contributed by atoms with Crippen molar-refractivity contribution in [3.8, 4) is 0 Å². The van der Waals surface area contributed by atoms with E-state index in [2.05, 4.69) is 24.5 Å². The molecule has 0 aromatic rings. The molecule has 1 unspecified atom stereocenters. The number of hydrogen-bond donors (Lipinski definition) is 3. The number of carbonyl (C=O) groups excluding carboxylic acids is 1. The van der Waals surface area contributed by atoms with E-state index in [0.717, 1.165) is 0 Å². The van der Waals surface area contributed by atoms with Gasteiger partial charge in [-0.05, 0) is 26.2 Å². The summed E-state index contributed by atoms with van der Waals surface area (Å²) < 4.78 is 0. The van der Waals surface area contributed by atoms with Crippen molar-refractivity contribution >= 4 is 5.91 Å². The van der Waals surface area contributed by atoms with E-state index in [4.69, 9.17) is 5.11 Å². The fourth-order valence-corrected chi connectivity index (χ4v) is 1.41. The molecule has 0 aliphatic rings. The summed E-state index contributed by atoms with van der Waals surface area (Å²) in [7, 11) is 0. The zero-order valence-electron chi connectivity index (χ0n) is 10.2. The molecule has 0 heterocycles. The van der Waals surface area contributed by atoms with Crippen molar-refractivity contribution in [2.45, 2.75) is 46.2 Å². The molecule has 0 aromatic carbocycles. The molecule has 0 bridgehead atoms. The van der Waals surface area contributed by atoms with Crippen LogP contribution in [-0.2, 0) is 4.79 Å². The summed E-state index contributed by atoms with van der Waals surface area (Å²) in [5.74, 6) is 0.428. The lowest BCUT2D eigenvalue weighted by Crippen LogP contribution is -2.43. The normalized spacial score (nSPS) is 13.3. The highest BCUT2D eigenvalue weighted by molar-refractivity contribution is 5.78. The molecule has 0 radical (unpaired) electrons. The van der Waals surface area contributed by atoms with Gasteiger partial charge in [0.1, 0.15) is 0 Å². The second-order valence-electron chi connectivity index (χ2n) is 4.47. The van der Waals surface area contributed by atoms with E-state index < -0.39 is 0 Å². The summed E-state index contributed by atoms with van der Waals surface area (Å²) in [6.07, 6.45) is 0.687. The average molecular weight is 216 g/mol. The molecule has 3 N–H and O–H groups in total. The number of aliphatic hydroxyl groups is 1. The van der Waals surface area contributed by atoms with Gasteiger partial charge in [-0.1, -0.05) is 13.8 Å². The van der Waals surface area contributed by atoms with Gasteiger partial charge >= 0.3 is 0 Å². The van der Waals surface area contributed by atoms with Gasteiger partial charge < -0.3 is 15.7 Å². The molecular weight excluding hydrogens is 192 g/mol. The van der Waals surface area contributed by atoms with Crippen molar-refractivity contribution in [3.05, 3.63) is 0 Å². The van der Waals surface area contributed by atoms with E-state index in [9.17, 15) is 4.79 Å². The van der Waals surface area contributed by atoms with Crippen molar-refractivity contribution in [2.24, 2.45) is 5.92 Å². The van der Waals surface area contributed by atoms with Gasteiger partial charge in [0.2, 0.25) is 5.91 Å². The number of rotatable bonds is 7. The highest BCUT2D eigenvalue weighted by Crippen LogP contribution is 2.04. The van der Waals surface area contributed by atoms with E-state index in [1.165, 1.54) is 0 Å². The molecule has 0 saturated heterocycles. The molecule has 0 aromatic heterocycles. The largest absolute Gasteiger partial charge is 0.396 e. The number of carbonyl (C=O) groups is 1. The van der Waals surface area contributed by atoms with Crippen LogP contribution in [0.15, 0.2) is 0 Å². The number of aliphatic hydroxyl groups excluding tert-OH is 1. The molecule has 0 aliphatic heterocycles. The fourth-order valence-electron chi connectivity index (χ4n) is 1.41. The summed E-state index contributed by atoms with van der Waals surface area (Å²) in [4.78, 5) is 11.3. The first-order valence-corrected chi connectivity index (χ1v) is 5.61. The third-order valence-electron chi connectivity index (χ3n) is 2.22. The van der Waals surface area contributed by atoms with Crippen LogP contribution in [0.3, 0.4) is 0 Å². The van der Waals surface area contributed by atoms with E-state index in [1.807, 2.05) is 13.8 Å². The Kier molecular flexibility index (Phi) is 7.34. The second kappa shape index (κ2) is 7.65. The molecule has 90 valence electrons. The van der Waals surface area contributed by atoms with Gasteiger partial charge in [0.15, 0.2) is 0 Å². The zero-order chi connectivity index (χ0) is 11.8. The van der Waals surface area contributed by atoms with Crippen molar-refractivity contribution in [1.82, 2.24) is 10.6 Å². The Morgan fingerprint density at radius 1 is 1.27 bits per heavy atom. The minimum Gasteiger partial charge on any atom is -0.396 e. The fraction of sp³-hybridized carbons (Fsp3) is 0.909. The van der Waals surface area contributed by atoms with Crippen LogP contribution in [0, 0.1) is 5.92 Å². The minimum atomic E-state index is 0.00795. The number of nitrogens with one attached hydrogen (secondary N) is 2. The SMILES string of the molecule is CC(C)NC(=O)CNC(CCO)C(C)C. The zero-order valence-corrected chi connectivity index (χ0v) is 10.2.